The lowest BCUT2D eigenvalue weighted by atomic mass is 10.2. The molecule has 0 radical (unpaired) electrons. The monoisotopic (exact) mass is 254 g/mol. The first-order chi connectivity index (χ1) is 9.35. The summed E-state index contributed by atoms with van der Waals surface area (Å²) < 4.78 is 11.2. The Balaban J connectivity index is 1.78. The number of hydrogen-bond acceptors (Lipinski definition) is 4. The van der Waals surface area contributed by atoms with E-state index in [2.05, 4.69) is 9.97 Å². The summed E-state index contributed by atoms with van der Waals surface area (Å²) >= 11 is 0. The third kappa shape index (κ3) is 2.57. The second kappa shape index (κ2) is 5.10. The smallest absolute Gasteiger partial charge is 0.213 e. The molecule has 0 saturated carbocycles. The van der Waals surface area contributed by atoms with Crippen LogP contribution in [0.3, 0.4) is 0 Å². The van der Waals surface area contributed by atoms with Crippen molar-refractivity contribution < 1.29 is 9.15 Å². The van der Waals surface area contributed by atoms with Crippen molar-refractivity contribution in [1.29, 1.82) is 0 Å². The van der Waals surface area contributed by atoms with Crippen molar-refractivity contribution in [2.45, 2.75) is 20.0 Å². The Bertz CT molecular complexity index is 677. The molecule has 96 valence electrons. The number of fused-ring (bicyclic) bond motifs is 1. The van der Waals surface area contributed by atoms with E-state index in [1.807, 2.05) is 43.3 Å². The number of rotatable bonds is 4. The molecular weight excluding hydrogens is 240 g/mol. The van der Waals surface area contributed by atoms with E-state index in [9.17, 15) is 0 Å². The highest BCUT2D eigenvalue weighted by Gasteiger charge is 2.05. The Morgan fingerprint density at radius 3 is 2.95 bits per heavy atom. The molecule has 0 atom stereocenters. The summed E-state index contributed by atoms with van der Waals surface area (Å²) in [4.78, 5) is 8.49. The van der Waals surface area contributed by atoms with E-state index in [0.717, 1.165) is 29.0 Å². The molecule has 19 heavy (non-hydrogen) atoms. The fourth-order valence-electron chi connectivity index (χ4n) is 1.85. The summed E-state index contributed by atoms with van der Waals surface area (Å²) in [7, 11) is 0. The first kappa shape index (κ1) is 11.7. The van der Waals surface area contributed by atoms with Gasteiger partial charge in [0.05, 0.1) is 0 Å². The van der Waals surface area contributed by atoms with Gasteiger partial charge in [-0.05, 0) is 23.8 Å². The highest BCUT2D eigenvalue weighted by Crippen LogP contribution is 2.18. The van der Waals surface area contributed by atoms with Crippen LogP contribution in [-0.4, -0.2) is 9.97 Å². The van der Waals surface area contributed by atoms with E-state index in [0.29, 0.717) is 12.5 Å². The highest BCUT2D eigenvalue weighted by atomic mass is 16.5. The molecule has 0 aliphatic heterocycles. The molecule has 0 bridgehead atoms. The zero-order chi connectivity index (χ0) is 13.1. The standard InChI is InChI=1S/C15H14N2O2/c1-2-14-17-12-7-6-11(9-13(12)19-14)10-18-15-5-3-4-8-16-15/h3-9H,2,10H2,1H3. The molecule has 0 amide bonds. The molecule has 0 aliphatic rings. The summed E-state index contributed by atoms with van der Waals surface area (Å²) in [5, 5.41) is 0. The van der Waals surface area contributed by atoms with Crippen LogP contribution in [0.2, 0.25) is 0 Å². The van der Waals surface area contributed by atoms with Crippen LogP contribution in [0, 0.1) is 0 Å². The highest BCUT2D eigenvalue weighted by molar-refractivity contribution is 5.73. The molecule has 3 rings (SSSR count). The van der Waals surface area contributed by atoms with Gasteiger partial charge in [-0.3, -0.25) is 0 Å². The van der Waals surface area contributed by atoms with Gasteiger partial charge in [-0.2, -0.15) is 0 Å². The van der Waals surface area contributed by atoms with Crippen LogP contribution >= 0.6 is 0 Å². The van der Waals surface area contributed by atoms with Crippen molar-refractivity contribution in [2.24, 2.45) is 0 Å². The van der Waals surface area contributed by atoms with E-state index in [-0.39, 0.29) is 0 Å². The fourth-order valence-corrected chi connectivity index (χ4v) is 1.85. The third-order valence-electron chi connectivity index (χ3n) is 2.82. The lowest BCUT2D eigenvalue weighted by Crippen LogP contribution is -1.96. The van der Waals surface area contributed by atoms with E-state index in [1.54, 1.807) is 6.20 Å². The molecule has 0 N–H and O–H groups in total. The zero-order valence-electron chi connectivity index (χ0n) is 10.7. The topological polar surface area (TPSA) is 48.2 Å². The molecule has 0 fully saturated rings. The Morgan fingerprint density at radius 2 is 2.16 bits per heavy atom. The summed E-state index contributed by atoms with van der Waals surface area (Å²) in [5.41, 5.74) is 2.73. The van der Waals surface area contributed by atoms with Crippen LogP contribution in [0.5, 0.6) is 5.88 Å². The van der Waals surface area contributed by atoms with Gasteiger partial charge in [-0.1, -0.05) is 19.1 Å². The van der Waals surface area contributed by atoms with Crippen molar-refractivity contribution in [3.05, 3.63) is 54.0 Å². The number of pyridine rings is 1. The van der Waals surface area contributed by atoms with Crippen LogP contribution in [0.1, 0.15) is 18.4 Å². The third-order valence-corrected chi connectivity index (χ3v) is 2.82. The quantitative estimate of drug-likeness (QED) is 0.716. The minimum Gasteiger partial charge on any atom is -0.473 e. The van der Waals surface area contributed by atoms with Crippen molar-refractivity contribution >= 4 is 11.1 Å². The number of benzene rings is 1. The first-order valence-electron chi connectivity index (χ1n) is 6.27. The largest absolute Gasteiger partial charge is 0.473 e. The van der Waals surface area contributed by atoms with Gasteiger partial charge in [0.2, 0.25) is 5.88 Å². The minimum atomic E-state index is 0.467. The van der Waals surface area contributed by atoms with Crippen LogP contribution in [0.15, 0.2) is 47.0 Å². The van der Waals surface area contributed by atoms with E-state index in [1.165, 1.54) is 0 Å². The van der Waals surface area contributed by atoms with Gasteiger partial charge in [-0.15, -0.1) is 0 Å². The fraction of sp³-hybridized carbons (Fsp3) is 0.200. The summed E-state index contributed by atoms with van der Waals surface area (Å²) in [5.74, 6) is 1.38. The molecule has 0 aliphatic carbocycles. The average Bonchev–Trinajstić information content (AvgIpc) is 2.88. The van der Waals surface area contributed by atoms with E-state index in [4.69, 9.17) is 9.15 Å². The lowest BCUT2D eigenvalue weighted by Gasteiger charge is -2.04. The maximum atomic E-state index is 5.63. The molecule has 0 unspecified atom stereocenters. The number of nitrogens with zero attached hydrogens (tertiary/aromatic N) is 2. The number of hydrogen-bond donors (Lipinski definition) is 0. The molecule has 2 aromatic heterocycles. The van der Waals surface area contributed by atoms with Crippen molar-refractivity contribution in [3.8, 4) is 5.88 Å². The van der Waals surface area contributed by atoms with Crippen LogP contribution in [-0.2, 0) is 13.0 Å². The minimum absolute atomic E-state index is 0.467. The number of oxazole rings is 1. The van der Waals surface area contributed by atoms with Gasteiger partial charge >= 0.3 is 0 Å². The van der Waals surface area contributed by atoms with Gasteiger partial charge in [0.15, 0.2) is 11.5 Å². The molecular formula is C15H14N2O2. The second-order valence-electron chi connectivity index (χ2n) is 4.22. The molecule has 1 aromatic carbocycles. The van der Waals surface area contributed by atoms with E-state index < -0.39 is 0 Å². The Hall–Kier alpha value is -2.36. The lowest BCUT2D eigenvalue weighted by molar-refractivity contribution is 0.294. The molecule has 0 saturated heterocycles. The number of aryl methyl sites for hydroxylation is 1. The van der Waals surface area contributed by atoms with Crippen LogP contribution in [0.25, 0.3) is 11.1 Å². The predicted octanol–water partition coefficient (Wildman–Crippen LogP) is 3.36. The normalized spacial score (nSPS) is 10.8. The van der Waals surface area contributed by atoms with Crippen molar-refractivity contribution in [1.82, 2.24) is 9.97 Å². The zero-order valence-corrected chi connectivity index (χ0v) is 10.7. The predicted molar refractivity (Wildman–Crippen MR) is 72.0 cm³/mol. The van der Waals surface area contributed by atoms with Crippen LogP contribution < -0.4 is 4.74 Å². The average molecular weight is 254 g/mol. The SMILES string of the molecule is CCc1nc2ccc(COc3ccccn3)cc2o1. The molecule has 0 spiro atoms. The molecule has 2 heterocycles. The van der Waals surface area contributed by atoms with Gasteiger partial charge in [0.25, 0.3) is 0 Å². The molecule has 4 heteroatoms. The molecule has 4 nitrogen and oxygen atoms in total. The van der Waals surface area contributed by atoms with Crippen LogP contribution in [0.4, 0.5) is 0 Å². The Labute approximate surface area is 111 Å². The number of ether oxygens (including phenoxy) is 1. The summed E-state index contributed by atoms with van der Waals surface area (Å²) in [6.45, 7) is 2.49. The van der Waals surface area contributed by atoms with E-state index >= 15 is 0 Å². The Kier molecular flexibility index (Phi) is 3.14. The van der Waals surface area contributed by atoms with Gasteiger partial charge in [0.1, 0.15) is 12.1 Å². The number of aromatic nitrogens is 2. The maximum Gasteiger partial charge on any atom is 0.213 e. The van der Waals surface area contributed by atoms with Crippen molar-refractivity contribution in [2.75, 3.05) is 0 Å². The van der Waals surface area contributed by atoms with Crippen molar-refractivity contribution in [3.63, 3.8) is 0 Å². The summed E-state index contributed by atoms with van der Waals surface area (Å²) in [6, 6.07) is 11.5. The first-order valence-corrected chi connectivity index (χ1v) is 6.27. The maximum absolute atomic E-state index is 5.63. The van der Waals surface area contributed by atoms with Gasteiger partial charge < -0.3 is 9.15 Å². The van der Waals surface area contributed by atoms with Gasteiger partial charge in [0, 0.05) is 18.7 Å². The Morgan fingerprint density at radius 1 is 1.21 bits per heavy atom. The van der Waals surface area contributed by atoms with Gasteiger partial charge in [-0.25, -0.2) is 9.97 Å². The summed E-state index contributed by atoms with van der Waals surface area (Å²) in [6.07, 6.45) is 2.51. The molecule has 3 aromatic rings. The second-order valence-corrected chi connectivity index (χ2v) is 4.22.